The van der Waals surface area contributed by atoms with Crippen molar-refractivity contribution >= 4 is 17.6 Å². The minimum absolute atomic E-state index is 0.0580. The van der Waals surface area contributed by atoms with Crippen LogP contribution in [0.3, 0.4) is 0 Å². The number of ether oxygens (including phenoxy) is 1. The second-order valence-electron chi connectivity index (χ2n) is 8.02. The highest BCUT2D eigenvalue weighted by molar-refractivity contribution is 6.06. The predicted molar refractivity (Wildman–Crippen MR) is 132 cm³/mol. The zero-order chi connectivity index (χ0) is 24.9. The number of rotatable bonds is 7. The van der Waals surface area contributed by atoms with Crippen LogP contribution in [0.15, 0.2) is 78.9 Å². The van der Waals surface area contributed by atoms with Crippen LogP contribution < -0.4 is 10.1 Å². The topological polar surface area (TPSA) is 104 Å². The third-order valence-corrected chi connectivity index (χ3v) is 5.80. The van der Waals surface area contributed by atoms with Crippen LogP contribution in [0, 0.1) is 18.3 Å². The van der Waals surface area contributed by atoms with E-state index in [0.717, 1.165) is 5.56 Å². The van der Waals surface area contributed by atoms with E-state index in [-0.39, 0.29) is 11.5 Å². The van der Waals surface area contributed by atoms with Crippen LogP contribution in [-0.2, 0) is 13.7 Å². The smallest absolute Gasteiger partial charge is 0.336 e. The highest BCUT2D eigenvalue weighted by atomic mass is 16.5. The number of hydrogen-bond acceptors (Lipinski definition) is 4. The molecule has 0 saturated heterocycles. The van der Waals surface area contributed by atoms with Crippen LogP contribution >= 0.6 is 0 Å². The Bertz CT molecular complexity index is 1430. The number of nitrogens with one attached hydrogen (secondary N) is 1. The summed E-state index contributed by atoms with van der Waals surface area (Å²) in [6.45, 7) is 2.23. The van der Waals surface area contributed by atoms with Crippen molar-refractivity contribution in [3.63, 3.8) is 0 Å². The molecular weight excluding hydrogens is 442 g/mol. The van der Waals surface area contributed by atoms with Gasteiger partial charge in [0.15, 0.2) is 0 Å². The number of nitrogens with zero attached hydrogens (tertiary/aromatic N) is 2. The quantitative estimate of drug-likeness (QED) is 0.380. The third-order valence-electron chi connectivity index (χ3n) is 5.80. The molecular formula is C28H23N3O4. The highest BCUT2D eigenvalue weighted by Crippen LogP contribution is 2.30. The van der Waals surface area contributed by atoms with Gasteiger partial charge in [0.25, 0.3) is 5.91 Å². The SMILES string of the molecule is Cc1c(C(=O)Nc2ccc(OCc3ccccc3)cc2)cc(-c2cc(C#N)ccc2C(=O)O)n1C. The molecule has 0 aliphatic rings. The van der Waals surface area contributed by atoms with Crippen molar-refractivity contribution in [3.8, 4) is 23.1 Å². The molecule has 4 aromatic rings. The molecule has 4 rings (SSSR count). The van der Waals surface area contributed by atoms with Crippen LogP contribution in [0.4, 0.5) is 5.69 Å². The Morgan fingerprint density at radius 3 is 2.37 bits per heavy atom. The lowest BCUT2D eigenvalue weighted by molar-refractivity contribution is 0.0697. The van der Waals surface area contributed by atoms with Gasteiger partial charge in [0.05, 0.1) is 22.8 Å². The van der Waals surface area contributed by atoms with Crippen molar-refractivity contribution < 1.29 is 19.4 Å². The second-order valence-corrected chi connectivity index (χ2v) is 8.02. The molecule has 0 radical (unpaired) electrons. The van der Waals surface area contributed by atoms with Crippen molar-refractivity contribution in [2.45, 2.75) is 13.5 Å². The summed E-state index contributed by atoms with van der Waals surface area (Å²) >= 11 is 0. The zero-order valence-electron chi connectivity index (χ0n) is 19.3. The van der Waals surface area contributed by atoms with E-state index >= 15 is 0 Å². The van der Waals surface area contributed by atoms with E-state index in [1.54, 1.807) is 48.9 Å². The molecule has 174 valence electrons. The first kappa shape index (κ1) is 23.3. The van der Waals surface area contributed by atoms with E-state index in [9.17, 15) is 20.0 Å². The van der Waals surface area contributed by atoms with E-state index in [4.69, 9.17) is 4.74 Å². The molecule has 0 fully saturated rings. The summed E-state index contributed by atoms with van der Waals surface area (Å²) in [5.41, 5.74) is 4.04. The Balaban J connectivity index is 1.53. The number of aromatic nitrogens is 1. The minimum atomic E-state index is -1.11. The van der Waals surface area contributed by atoms with Crippen LogP contribution in [0.25, 0.3) is 11.3 Å². The maximum absolute atomic E-state index is 13.0. The molecule has 1 aromatic heterocycles. The lowest BCUT2D eigenvalue weighted by atomic mass is 10.0. The number of amides is 1. The number of anilines is 1. The van der Waals surface area contributed by atoms with Crippen molar-refractivity contribution in [3.05, 3.63) is 107 Å². The summed E-state index contributed by atoms with van der Waals surface area (Å²) in [5.74, 6) is -0.747. The fourth-order valence-electron chi connectivity index (χ4n) is 3.77. The molecule has 3 aromatic carbocycles. The number of carbonyl (C=O) groups is 2. The first-order valence-corrected chi connectivity index (χ1v) is 10.9. The summed E-state index contributed by atoms with van der Waals surface area (Å²) in [5, 5.41) is 21.7. The second kappa shape index (κ2) is 9.98. The van der Waals surface area contributed by atoms with Crippen LogP contribution in [0.1, 0.15) is 37.5 Å². The molecule has 7 nitrogen and oxygen atoms in total. The largest absolute Gasteiger partial charge is 0.489 e. The fraction of sp³-hybridized carbons (Fsp3) is 0.107. The molecule has 0 aliphatic heterocycles. The first-order valence-electron chi connectivity index (χ1n) is 10.9. The van der Waals surface area contributed by atoms with E-state index < -0.39 is 5.97 Å². The highest BCUT2D eigenvalue weighted by Gasteiger charge is 2.21. The first-order chi connectivity index (χ1) is 16.9. The van der Waals surface area contributed by atoms with Gasteiger partial charge < -0.3 is 19.7 Å². The van der Waals surface area contributed by atoms with Gasteiger partial charge in [-0.3, -0.25) is 4.79 Å². The van der Waals surface area contributed by atoms with Gasteiger partial charge in [-0.15, -0.1) is 0 Å². The lowest BCUT2D eigenvalue weighted by Crippen LogP contribution is -2.12. The van der Waals surface area contributed by atoms with Crippen molar-refractivity contribution in [2.75, 3.05) is 5.32 Å². The molecule has 0 bridgehead atoms. The van der Waals surface area contributed by atoms with E-state index in [1.165, 1.54) is 18.2 Å². The number of aromatic carboxylic acids is 1. The molecule has 2 N–H and O–H groups in total. The van der Waals surface area contributed by atoms with Gasteiger partial charge in [-0.05, 0) is 61.0 Å². The van der Waals surface area contributed by atoms with Gasteiger partial charge in [0.2, 0.25) is 0 Å². The molecule has 0 atom stereocenters. The summed E-state index contributed by atoms with van der Waals surface area (Å²) in [7, 11) is 1.75. The molecule has 0 spiro atoms. The third kappa shape index (κ3) is 5.07. The Labute approximate surface area is 202 Å². The number of benzene rings is 3. The number of carbonyl (C=O) groups excluding carboxylic acids is 1. The van der Waals surface area contributed by atoms with Crippen molar-refractivity contribution in [1.29, 1.82) is 5.26 Å². The number of nitriles is 1. The maximum atomic E-state index is 13.0. The number of carboxylic acid groups (broad SMARTS) is 1. The van der Waals surface area contributed by atoms with Crippen LogP contribution in [-0.4, -0.2) is 21.6 Å². The molecule has 0 saturated carbocycles. The molecule has 0 aliphatic carbocycles. The standard InChI is InChI=1S/C28H23N3O4/c1-18-24(15-26(31(18)2)25-14-20(16-29)8-13-23(25)28(33)34)27(32)30-21-9-11-22(12-10-21)35-17-19-6-4-3-5-7-19/h3-15H,17H2,1-2H3,(H,30,32)(H,33,34). The Morgan fingerprint density at radius 1 is 1.00 bits per heavy atom. The molecule has 1 heterocycles. The summed E-state index contributed by atoms with van der Waals surface area (Å²) in [4.78, 5) is 24.8. The van der Waals surface area contributed by atoms with Crippen LogP contribution in [0.5, 0.6) is 5.75 Å². The van der Waals surface area contributed by atoms with E-state index in [2.05, 4.69) is 5.32 Å². The molecule has 0 unspecified atom stereocenters. The molecule has 7 heteroatoms. The van der Waals surface area contributed by atoms with Gasteiger partial charge in [-0.25, -0.2) is 4.79 Å². The Hall–Kier alpha value is -4.83. The fourth-order valence-corrected chi connectivity index (χ4v) is 3.77. The lowest BCUT2D eigenvalue weighted by Gasteiger charge is -2.09. The normalized spacial score (nSPS) is 10.4. The number of carboxylic acids is 1. The van der Waals surface area contributed by atoms with Gasteiger partial charge >= 0.3 is 5.97 Å². The molecule has 35 heavy (non-hydrogen) atoms. The average molecular weight is 466 g/mol. The Morgan fingerprint density at radius 2 is 1.71 bits per heavy atom. The van der Waals surface area contributed by atoms with Crippen molar-refractivity contribution in [1.82, 2.24) is 4.57 Å². The Kier molecular flexibility index (Phi) is 6.65. The maximum Gasteiger partial charge on any atom is 0.336 e. The zero-order valence-corrected chi connectivity index (χ0v) is 19.3. The van der Waals surface area contributed by atoms with Gasteiger partial charge in [-0.1, -0.05) is 30.3 Å². The van der Waals surface area contributed by atoms with E-state index in [1.807, 2.05) is 36.4 Å². The predicted octanol–water partition coefficient (Wildman–Crippen LogP) is 5.40. The monoisotopic (exact) mass is 465 g/mol. The van der Waals surface area contributed by atoms with Gasteiger partial charge in [-0.2, -0.15) is 5.26 Å². The van der Waals surface area contributed by atoms with Crippen LogP contribution in [0.2, 0.25) is 0 Å². The van der Waals surface area contributed by atoms with E-state index in [0.29, 0.717) is 46.1 Å². The molecule has 1 amide bonds. The minimum Gasteiger partial charge on any atom is -0.489 e. The van der Waals surface area contributed by atoms with Gasteiger partial charge in [0.1, 0.15) is 12.4 Å². The van der Waals surface area contributed by atoms with Crippen molar-refractivity contribution in [2.24, 2.45) is 7.05 Å². The summed E-state index contributed by atoms with van der Waals surface area (Å²) in [6.07, 6.45) is 0. The number of hydrogen-bond donors (Lipinski definition) is 2. The average Bonchev–Trinajstić information content (AvgIpc) is 3.18. The summed E-state index contributed by atoms with van der Waals surface area (Å²) in [6, 6.07) is 25.0. The summed E-state index contributed by atoms with van der Waals surface area (Å²) < 4.78 is 7.53. The van der Waals surface area contributed by atoms with Gasteiger partial charge in [0, 0.05) is 29.7 Å².